The topological polar surface area (TPSA) is 55.8 Å². The molecule has 1 rings (SSSR count). The molecule has 0 bridgehead atoms. The summed E-state index contributed by atoms with van der Waals surface area (Å²) in [6, 6.07) is 3.29. The molecule has 0 amide bonds. The number of halogens is 1. The van der Waals surface area contributed by atoms with Gasteiger partial charge in [-0.2, -0.15) is 0 Å². The van der Waals surface area contributed by atoms with Crippen molar-refractivity contribution in [3.05, 3.63) is 22.2 Å². The zero-order chi connectivity index (χ0) is 15.3. The van der Waals surface area contributed by atoms with Gasteiger partial charge in [0.05, 0.1) is 16.7 Å². The molecule has 1 aromatic carbocycles. The maximum absolute atomic E-state index is 10.9. The van der Waals surface area contributed by atoms with Crippen LogP contribution in [0.4, 0.5) is 0 Å². The van der Waals surface area contributed by atoms with E-state index in [0.717, 1.165) is 6.29 Å². The third-order valence-corrected chi connectivity index (χ3v) is 3.81. The number of hydrogen-bond acceptors (Lipinski definition) is 4. The molecule has 112 valence electrons. The minimum absolute atomic E-state index is 0.0612. The van der Waals surface area contributed by atoms with E-state index in [1.165, 1.54) is 0 Å². The molecule has 1 atom stereocenters. The van der Waals surface area contributed by atoms with Crippen molar-refractivity contribution in [2.75, 3.05) is 13.2 Å². The summed E-state index contributed by atoms with van der Waals surface area (Å²) in [6.45, 7) is 8.05. The maximum atomic E-state index is 10.9. The fourth-order valence-corrected chi connectivity index (χ4v) is 2.02. The van der Waals surface area contributed by atoms with Crippen molar-refractivity contribution in [3.8, 4) is 11.5 Å². The lowest BCUT2D eigenvalue weighted by molar-refractivity contribution is -0.0274. The minimum Gasteiger partial charge on any atom is -0.490 e. The van der Waals surface area contributed by atoms with Crippen LogP contribution in [0.5, 0.6) is 11.5 Å². The van der Waals surface area contributed by atoms with E-state index < -0.39 is 5.60 Å². The Kier molecular flexibility index (Phi) is 6.02. The number of benzene rings is 1. The van der Waals surface area contributed by atoms with Gasteiger partial charge < -0.3 is 14.6 Å². The second kappa shape index (κ2) is 7.09. The van der Waals surface area contributed by atoms with E-state index in [9.17, 15) is 9.90 Å². The van der Waals surface area contributed by atoms with E-state index in [4.69, 9.17) is 9.47 Å². The van der Waals surface area contributed by atoms with Crippen molar-refractivity contribution in [1.82, 2.24) is 0 Å². The van der Waals surface area contributed by atoms with Gasteiger partial charge in [0.2, 0.25) is 0 Å². The molecule has 0 fully saturated rings. The molecule has 0 aliphatic carbocycles. The molecule has 1 aromatic rings. The molecule has 0 aromatic heterocycles. The quantitative estimate of drug-likeness (QED) is 0.769. The molecule has 0 radical (unpaired) electrons. The predicted molar refractivity (Wildman–Crippen MR) is 81.7 cm³/mol. The second-order valence-electron chi connectivity index (χ2n) is 5.18. The Hall–Kier alpha value is -1.07. The van der Waals surface area contributed by atoms with Gasteiger partial charge in [0.25, 0.3) is 0 Å². The fraction of sp³-hybridized carbons (Fsp3) is 0.533. The number of aldehydes is 1. The number of hydrogen-bond donors (Lipinski definition) is 1. The molecule has 0 saturated carbocycles. The Morgan fingerprint density at radius 2 is 2.05 bits per heavy atom. The average molecular weight is 345 g/mol. The summed E-state index contributed by atoms with van der Waals surface area (Å²) in [5.41, 5.74) is -0.435. The molecule has 0 heterocycles. The van der Waals surface area contributed by atoms with Gasteiger partial charge in [-0.05, 0) is 47.8 Å². The molecule has 0 spiro atoms. The Bertz CT molecular complexity index is 469. The van der Waals surface area contributed by atoms with Crippen LogP contribution >= 0.6 is 15.9 Å². The van der Waals surface area contributed by atoms with Gasteiger partial charge in [-0.1, -0.05) is 13.8 Å². The van der Waals surface area contributed by atoms with E-state index in [1.54, 1.807) is 19.1 Å². The third-order valence-electron chi connectivity index (χ3n) is 3.22. The number of ether oxygens (including phenoxy) is 2. The highest BCUT2D eigenvalue weighted by Gasteiger charge is 2.27. The zero-order valence-corrected chi connectivity index (χ0v) is 13.9. The van der Waals surface area contributed by atoms with Gasteiger partial charge in [-0.15, -0.1) is 0 Å². The Labute approximate surface area is 128 Å². The summed E-state index contributed by atoms with van der Waals surface area (Å²) in [7, 11) is 0. The highest BCUT2D eigenvalue weighted by atomic mass is 79.9. The van der Waals surface area contributed by atoms with Crippen LogP contribution in [0.25, 0.3) is 0 Å². The number of carbonyl (C=O) groups excluding carboxylic acids is 1. The van der Waals surface area contributed by atoms with Crippen LogP contribution in [0.3, 0.4) is 0 Å². The molecule has 1 unspecified atom stereocenters. The Morgan fingerprint density at radius 1 is 1.40 bits per heavy atom. The fourth-order valence-electron chi connectivity index (χ4n) is 1.44. The van der Waals surface area contributed by atoms with Crippen molar-refractivity contribution < 1.29 is 19.4 Å². The molecular formula is C15H21BrO4. The van der Waals surface area contributed by atoms with Gasteiger partial charge in [0.1, 0.15) is 12.9 Å². The SMILES string of the molecule is CCOc1cc(C=O)cc(Br)c1OCC(C)(O)C(C)C. The normalized spacial score (nSPS) is 13.9. The predicted octanol–water partition coefficient (Wildman–Crippen LogP) is 3.45. The van der Waals surface area contributed by atoms with Crippen molar-refractivity contribution >= 4 is 22.2 Å². The lowest BCUT2D eigenvalue weighted by Gasteiger charge is -2.28. The van der Waals surface area contributed by atoms with Crippen LogP contribution in [-0.4, -0.2) is 30.2 Å². The number of aliphatic hydroxyl groups is 1. The standard InChI is InChI=1S/C15H21BrO4/c1-5-19-13-7-11(8-17)6-12(16)14(13)20-9-15(4,18)10(2)3/h6-8,10,18H,5,9H2,1-4H3. The van der Waals surface area contributed by atoms with Gasteiger partial charge in [0.15, 0.2) is 11.5 Å². The molecule has 4 nitrogen and oxygen atoms in total. The molecule has 0 aliphatic heterocycles. The van der Waals surface area contributed by atoms with Gasteiger partial charge in [0, 0.05) is 5.56 Å². The van der Waals surface area contributed by atoms with E-state index >= 15 is 0 Å². The second-order valence-corrected chi connectivity index (χ2v) is 6.04. The lowest BCUT2D eigenvalue weighted by atomic mass is 9.94. The van der Waals surface area contributed by atoms with Crippen molar-refractivity contribution in [2.45, 2.75) is 33.3 Å². The number of carbonyl (C=O) groups is 1. The first-order chi connectivity index (χ1) is 9.31. The summed E-state index contributed by atoms with van der Waals surface area (Å²) < 4.78 is 11.8. The maximum Gasteiger partial charge on any atom is 0.175 e. The van der Waals surface area contributed by atoms with Crippen molar-refractivity contribution in [1.29, 1.82) is 0 Å². The highest BCUT2D eigenvalue weighted by molar-refractivity contribution is 9.10. The first-order valence-electron chi connectivity index (χ1n) is 6.58. The van der Waals surface area contributed by atoms with E-state index in [2.05, 4.69) is 15.9 Å². The van der Waals surface area contributed by atoms with Crippen LogP contribution in [0.2, 0.25) is 0 Å². The monoisotopic (exact) mass is 344 g/mol. The van der Waals surface area contributed by atoms with Crippen LogP contribution in [-0.2, 0) is 0 Å². The van der Waals surface area contributed by atoms with Crippen LogP contribution in [0.15, 0.2) is 16.6 Å². The van der Waals surface area contributed by atoms with Gasteiger partial charge in [-0.3, -0.25) is 4.79 Å². The van der Waals surface area contributed by atoms with Crippen molar-refractivity contribution in [2.24, 2.45) is 5.92 Å². The summed E-state index contributed by atoms with van der Waals surface area (Å²) in [5.74, 6) is 1.05. The van der Waals surface area contributed by atoms with Crippen LogP contribution in [0, 0.1) is 5.92 Å². The van der Waals surface area contributed by atoms with E-state index in [-0.39, 0.29) is 12.5 Å². The van der Waals surface area contributed by atoms with Gasteiger partial charge >= 0.3 is 0 Å². The van der Waals surface area contributed by atoms with Crippen LogP contribution in [0.1, 0.15) is 38.1 Å². The van der Waals surface area contributed by atoms with Gasteiger partial charge in [-0.25, -0.2) is 0 Å². The Morgan fingerprint density at radius 3 is 2.55 bits per heavy atom. The minimum atomic E-state index is -0.938. The zero-order valence-electron chi connectivity index (χ0n) is 12.3. The summed E-state index contributed by atoms with van der Waals surface area (Å²) in [5, 5.41) is 10.2. The summed E-state index contributed by atoms with van der Waals surface area (Å²) in [4.78, 5) is 10.9. The van der Waals surface area contributed by atoms with E-state index in [1.807, 2.05) is 20.8 Å². The first-order valence-corrected chi connectivity index (χ1v) is 7.37. The largest absolute Gasteiger partial charge is 0.490 e. The lowest BCUT2D eigenvalue weighted by Crippen LogP contribution is -2.37. The molecular weight excluding hydrogens is 324 g/mol. The average Bonchev–Trinajstić information content (AvgIpc) is 2.37. The highest BCUT2D eigenvalue weighted by Crippen LogP contribution is 2.37. The molecule has 20 heavy (non-hydrogen) atoms. The van der Waals surface area contributed by atoms with Crippen molar-refractivity contribution in [3.63, 3.8) is 0 Å². The summed E-state index contributed by atoms with van der Waals surface area (Å²) in [6.07, 6.45) is 0.751. The first kappa shape index (κ1) is 17.0. The smallest absolute Gasteiger partial charge is 0.175 e. The summed E-state index contributed by atoms with van der Waals surface area (Å²) >= 11 is 3.37. The molecule has 0 aliphatic rings. The molecule has 1 N–H and O–H groups in total. The molecule has 5 heteroatoms. The number of rotatable bonds is 7. The van der Waals surface area contributed by atoms with E-state index in [0.29, 0.717) is 28.1 Å². The third kappa shape index (κ3) is 4.21. The molecule has 0 saturated heterocycles. The van der Waals surface area contributed by atoms with Crippen LogP contribution < -0.4 is 9.47 Å². The Balaban J connectivity index is 3.01.